The Balaban J connectivity index is 2.13. The fourth-order valence-corrected chi connectivity index (χ4v) is 8.20. The van der Waals surface area contributed by atoms with E-state index in [4.69, 9.17) is 0 Å². The lowest BCUT2D eigenvalue weighted by atomic mass is 10.2. The number of hydrogen-bond acceptors (Lipinski definition) is 2. The average molecular weight is 426 g/mol. The topological polar surface area (TPSA) is 47.6 Å². The highest BCUT2D eigenvalue weighted by Gasteiger charge is 2.19. The van der Waals surface area contributed by atoms with E-state index >= 15 is 0 Å². The van der Waals surface area contributed by atoms with Crippen LogP contribution in [0.4, 0.5) is 0 Å². The van der Waals surface area contributed by atoms with Gasteiger partial charge in [-0.05, 0) is 47.5 Å². The summed E-state index contributed by atoms with van der Waals surface area (Å²) in [6.07, 6.45) is 2.72. The van der Waals surface area contributed by atoms with E-state index in [2.05, 4.69) is 103 Å². The Kier molecular flexibility index (Phi) is 8.81. The Bertz CT molecular complexity index is 962. The molecule has 0 unspecified atom stereocenters. The smallest absolute Gasteiger partial charge is 0.0625 e. The first-order chi connectivity index (χ1) is 14.8. The van der Waals surface area contributed by atoms with E-state index in [1.54, 1.807) is 0 Å². The lowest BCUT2D eigenvalue weighted by Crippen LogP contribution is -2.10. The monoisotopic (exact) mass is 426 g/mol. The van der Waals surface area contributed by atoms with Gasteiger partial charge in [-0.2, -0.15) is 10.5 Å². The van der Waals surface area contributed by atoms with Crippen LogP contribution in [-0.4, -0.2) is 12.3 Å². The molecule has 0 heterocycles. The molecule has 0 aliphatic rings. The summed E-state index contributed by atoms with van der Waals surface area (Å²) < 4.78 is 0. The Morgan fingerprint density at radius 3 is 1.53 bits per heavy atom. The first kappa shape index (κ1) is 21.9. The van der Waals surface area contributed by atoms with Gasteiger partial charge in [-0.1, -0.05) is 98.9 Å². The second kappa shape index (κ2) is 12.1. The molecule has 30 heavy (non-hydrogen) atoms. The highest BCUT2D eigenvalue weighted by atomic mass is 31.1. The van der Waals surface area contributed by atoms with E-state index < -0.39 is 15.8 Å². The molecule has 0 aliphatic heterocycles. The molecule has 0 amide bonds. The Labute approximate surface area is 182 Å². The van der Waals surface area contributed by atoms with Gasteiger partial charge in [0.25, 0.3) is 0 Å². The van der Waals surface area contributed by atoms with E-state index in [0.717, 1.165) is 12.3 Å². The maximum atomic E-state index is 9.21. The molecule has 0 aliphatic carbocycles. The summed E-state index contributed by atoms with van der Waals surface area (Å²) in [5, 5.41) is 22.4. The number of rotatable bonds is 9. The van der Waals surface area contributed by atoms with Gasteiger partial charge >= 0.3 is 0 Å². The summed E-state index contributed by atoms with van der Waals surface area (Å²) in [6.45, 7) is 0. The molecule has 3 aromatic rings. The van der Waals surface area contributed by atoms with E-state index in [-0.39, 0.29) is 0 Å². The van der Waals surface area contributed by atoms with Crippen molar-refractivity contribution in [3.05, 3.63) is 102 Å². The number of benzene rings is 3. The molecular weight excluding hydrogens is 402 g/mol. The lowest BCUT2D eigenvalue weighted by Gasteiger charge is -2.23. The van der Waals surface area contributed by atoms with Gasteiger partial charge in [-0.15, -0.1) is 0 Å². The predicted molar refractivity (Wildman–Crippen MR) is 131 cm³/mol. The van der Waals surface area contributed by atoms with Gasteiger partial charge in [0, 0.05) is 12.8 Å². The number of nitriles is 2. The van der Waals surface area contributed by atoms with E-state index in [1.165, 1.54) is 21.5 Å². The normalized spacial score (nSPS) is 11.3. The number of nitrogens with zero attached hydrogens (tertiary/aromatic N) is 2. The van der Waals surface area contributed by atoms with E-state index in [1.807, 2.05) is 6.07 Å². The van der Waals surface area contributed by atoms with Gasteiger partial charge < -0.3 is 0 Å². The quantitative estimate of drug-likeness (QED) is 0.370. The number of hydrogen-bond donors (Lipinski definition) is 0. The van der Waals surface area contributed by atoms with Crippen LogP contribution in [0, 0.1) is 22.7 Å². The van der Waals surface area contributed by atoms with Crippen molar-refractivity contribution < 1.29 is 0 Å². The zero-order valence-electron chi connectivity index (χ0n) is 16.9. The van der Waals surface area contributed by atoms with Crippen LogP contribution in [-0.2, 0) is 0 Å². The lowest BCUT2D eigenvalue weighted by molar-refractivity contribution is 1.18. The third kappa shape index (κ3) is 6.12. The van der Waals surface area contributed by atoms with Gasteiger partial charge in [-0.25, -0.2) is 0 Å². The van der Waals surface area contributed by atoms with E-state index in [9.17, 15) is 10.5 Å². The van der Waals surface area contributed by atoms with Crippen LogP contribution < -0.4 is 10.6 Å². The molecule has 3 rings (SSSR count). The molecular formula is C26H24N2P2. The van der Waals surface area contributed by atoms with Crippen LogP contribution in [0.25, 0.3) is 5.31 Å². The first-order valence-corrected chi connectivity index (χ1v) is 13.1. The highest BCUT2D eigenvalue weighted by molar-refractivity contribution is 7.78. The zero-order chi connectivity index (χ0) is 21.0. The summed E-state index contributed by atoms with van der Waals surface area (Å²) >= 11 is 0. The Hall–Kier alpha value is -2.76. The molecule has 0 bridgehead atoms. The maximum absolute atomic E-state index is 9.21. The van der Waals surface area contributed by atoms with Crippen molar-refractivity contribution in [2.24, 2.45) is 0 Å². The molecule has 0 saturated carbocycles. The fraction of sp³-hybridized carbons (Fsp3) is 0.154. The van der Waals surface area contributed by atoms with Crippen molar-refractivity contribution >= 4 is 31.8 Å². The van der Waals surface area contributed by atoms with Gasteiger partial charge in [0.1, 0.15) is 0 Å². The van der Waals surface area contributed by atoms with Crippen molar-refractivity contribution in [1.82, 2.24) is 0 Å². The summed E-state index contributed by atoms with van der Waals surface area (Å²) in [6, 6.07) is 36.4. The molecule has 0 radical (unpaired) electrons. The third-order valence-electron chi connectivity index (χ3n) is 4.72. The van der Waals surface area contributed by atoms with Gasteiger partial charge in [0.2, 0.25) is 0 Å². The fourth-order valence-electron chi connectivity index (χ4n) is 3.27. The SMILES string of the molecule is N#CCCP(CCC#N)/C(=C\P(c1ccccc1)c1ccccc1)c1ccccc1. The van der Waals surface area contributed by atoms with Crippen molar-refractivity contribution in [3.63, 3.8) is 0 Å². The highest BCUT2D eigenvalue weighted by Crippen LogP contribution is 2.55. The minimum absolute atomic E-state index is 0.524. The van der Waals surface area contributed by atoms with Crippen LogP contribution in [0.15, 0.2) is 96.8 Å². The van der Waals surface area contributed by atoms with Gasteiger partial charge in [-0.3, -0.25) is 0 Å². The van der Waals surface area contributed by atoms with Crippen molar-refractivity contribution in [2.45, 2.75) is 12.8 Å². The molecule has 0 atom stereocenters. The second-order valence-electron chi connectivity index (χ2n) is 6.72. The minimum Gasteiger partial charge on any atom is -0.198 e. The van der Waals surface area contributed by atoms with Crippen molar-refractivity contribution in [3.8, 4) is 12.1 Å². The Morgan fingerprint density at radius 1 is 0.667 bits per heavy atom. The standard InChI is InChI=1S/C26H24N2P2/c27-18-10-20-29(21-11-19-28)26(23-12-4-1-5-13-23)22-30(24-14-6-2-7-15-24)25-16-8-3-9-17-25/h1-9,12-17,22H,10-11,20-21H2/b26-22-. The van der Waals surface area contributed by atoms with Crippen LogP contribution in [0.5, 0.6) is 0 Å². The van der Waals surface area contributed by atoms with Crippen molar-refractivity contribution in [1.29, 1.82) is 10.5 Å². The summed E-state index contributed by atoms with van der Waals surface area (Å²) in [5.74, 6) is 2.44. The molecule has 0 saturated heterocycles. The Morgan fingerprint density at radius 2 is 1.10 bits per heavy atom. The molecule has 148 valence electrons. The van der Waals surface area contributed by atoms with E-state index in [0.29, 0.717) is 12.8 Å². The zero-order valence-corrected chi connectivity index (χ0v) is 18.6. The molecule has 0 aromatic heterocycles. The maximum Gasteiger partial charge on any atom is 0.0625 e. The summed E-state index contributed by atoms with van der Waals surface area (Å²) in [7, 11) is -1.28. The molecule has 0 spiro atoms. The van der Waals surface area contributed by atoms with Crippen LogP contribution in [0.1, 0.15) is 18.4 Å². The molecule has 4 heteroatoms. The van der Waals surface area contributed by atoms with Crippen molar-refractivity contribution in [2.75, 3.05) is 12.3 Å². The van der Waals surface area contributed by atoms with Gasteiger partial charge in [0.15, 0.2) is 0 Å². The minimum atomic E-state index is -0.688. The van der Waals surface area contributed by atoms with Crippen LogP contribution >= 0.6 is 15.8 Å². The van der Waals surface area contributed by atoms with Gasteiger partial charge in [0.05, 0.1) is 12.1 Å². The molecule has 2 nitrogen and oxygen atoms in total. The molecule has 0 N–H and O–H groups in total. The molecule has 0 fully saturated rings. The largest absolute Gasteiger partial charge is 0.198 e. The molecule has 3 aromatic carbocycles. The predicted octanol–water partition coefficient (Wildman–Crippen LogP) is 6.43. The summed E-state index contributed by atoms with van der Waals surface area (Å²) in [5.41, 5.74) is 1.21. The van der Waals surface area contributed by atoms with Crippen LogP contribution in [0.3, 0.4) is 0 Å². The van der Waals surface area contributed by atoms with Crippen LogP contribution in [0.2, 0.25) is 0 Å². The first-order valence-electron chi connectivity index (χ1n) is 9.99. The second-order valence-corrected chi connectivity index (χ2v) is 11.2. The third-order valence-corrected chi connectivity index (χ3v) is 9.74. The summed E-state index contributed by atoms with van der Waals surface area (Å²) in [4.78, 5) is 0. The average Bonchev–Trinajstić information content (AvgIpc) is 2.82.